The summed E-state index contributed by atoms with van der Waals surface area (Å²) in [5.41, 5.74) is -0.647. The van der Waals surface area contributed by atoms with Crippen LogP contribution in [0.2, 0.25) is 0 Å². The molecule has 14 heavy (non-hydrogen) atoms. The van der Waals surface area contributed by atoms with Crippen LogP contribution in [0.3, 0.4) is 0 Å². The second-order valence-electron chi connectivity index (χ2n) is 3.31. The molecular formula is C10H11BrO3. The van der Waals surface area contributed by atoms with Crippen molar-refractivity contribution in [2.75, 3.05) is 6.61 Å². The first-order valence-corrected chi connectivity index (χ1v) is 4.90. The van der Waals surface area contributed by atoms with Crippen molar-refractivity contribution in [3.05, 3.63) is 34.3 Å². The normalized spacial score (nSPS) is 14.8. The van der Waals surface area contributed by atoms with Crippen molar-refractivity contribution in [1.82, 2.24) is 0 Å². The number of carbonyl (C=O) groups is 1. The van der Waals surface area contributed by atoms with Crippen molar-refractivity contribution in [1.29, 1.82) is 0 Å². The zero-order valence-electron chi connectivity index (χ0n) is 7.70. The molecule has 4 heteroatoms. The summed E-state index contributed by atoms with van der Waals surface area (Å²) in [4.78, 5) is 11.0. The van der Waals surface area contributed by atoms with Crippen LogP contribution in [0.25, 0.3) is 0 Å². The Kier molecular flexibility index (Phi) is 3.29. The number of aliphatic carboxylic acids is 1. The number of carboxylic acids is 1. The van der Waals surface area contributed by atoms with Gasteiger partial charge < -0.3 is 10.2 Å². The summed E-state index contributed by atoms with van der Waals surface area (Å²) in [6.45, 7) is 1.08. The van der Waals surface area contributed by atoms with E-state index < -0.39 is 18.0 Å². The second kappa shape index (κ2) is 4.11. The van der Waals surface area contributed by atoms with Crippen molar-refractivity contribution >= 4 is 21.9 Å². The van der Waals surface area contributed by atoms with E-state index in [-0.39, 0.29) is 0 Å². The summed E-state index contributed by atoms with van der Waals surface area (Å²) in [6.07, 6.45) is 0. The number of benzene rings is 1. The molecule has 0 heterocycles. The first-order chi connectivity index (χ1) is 6.50. The molecule has 0 saturated carbocycles. The molecule has 1 aromatic carbocycles. The van der Waals surface area contributed by atoms with Crippen molar-refractivity contribution in [2.45, 2.75) is 12.3 Å². The van der Waals surface area contributed by atoms with E-state index >= 15 is 0 Å². The standard InChI is InChI=1S/C10H11BrO3/c1-10(6-12,9(13)14)7-3-2-4-8(11)5-7/h2-5,12H,6H2,1H3,(H,13,14). The molecule has 1 aromatic rings. The van der Waals surface area contributed by atoms with E-state index in [1.165, 1.54) is 6.92 Å². The maximum atomic E-state index is 11.0. The Balaban J connectivity index is 3.19. The van der Waals surface area contributed by atoms with Gasteiger partial charge in [0.1, 0.15) is 5.41 Å². The Morgan fingerprint density at radius 3 is 2.64 bits per heavy atom. The van der Waals surface area contributed by atoms with Crippen molar-refractivity contribution in [2.24, 2.45) is 0 Å². The third-order valence-corrected chi connectivity index (χ3v) is 2.74. The monoisotopic (exact) mass is 258 g/mol. The molecule has 1 atom stereocenters. The lowest BCUT2D eigenvalue weighted by atomic mass is 9.83. The minimum absolute atomic E-state index is 0.418. The largest absolute Gasteiger partial charge is 0.481 e. The summed E-state index contributed by atoms with van der Waals surface area (Å²) < 4.78 is 0.802. The van der Waals surface area contributed by atoms with Crippen LogP contribution in [0.15, 0.2) is 28.7 Å². The number of halogens is 1. The summed E-state index contributed by atoms with van der Waals surface area (Å²) in [7, 11) is 0. The molecule has 3 nitrogen and oxygen atoms in total. The van der Waals surface area contributed by atoms with E-state index in [9.17, 15) is 4.79 Å². The molecule has 0 saturated heterocycles. The van der Waals surface area contributed by atoms with Gasteiger partial charge in [-0.05, 0) is 24.6 Å². The maximum Gasteiger partial charge on any atom is 0.316 e. The van der Waals surface area contributed by atoms with Crippen molar-refractivity contribution < 1.29 is 15.0 Å². The van der Waals surface area contributed by atoms with E-state index in [2.05, 4.69) is 15.9 Å². The predicted octanol–water partition coefficient (Wildman–Crippen LogP) is 1.78. The maximum absolute atomic E-state index is 11.0. The van der Waals surface area contributed by atoms with E-state index in [0.717, 1.165) is 4.47 Å². The van der Waals surface area contributed by atoms with Gasteiger partial charge in [-0.1, -0.05) is 28.1 Å². The van der Waals surface area contributed by atoms with Crippen LogP contribution >= 0.6 is 15.9 Å². The van der Waals surface area contributed by atoms with Crippen LogP contribution in [0.4, 0.5) is 0 Å². The zero-order valence-corrected chi connectivity index (χ0v) is 9.28. The van der Waals surface area contributed by atoms with E-state index in [1.54, 1.807) is 18.2 Å². The van der Waals surface area contributed by atoms with E-state index in [1.807, 2.05) is 6.07 Å². The molecule has 0 fully saturated rings. The number of carboxylic acid groups (broad SMARTS) is 1. The highest BCUT2D eigenvalue weighted by atomic mass is 79.9. The predicted molar refractivity (Wildman–Crippen MR) is 56.2 cm³/mol. The van der Waals surface area contributed by atoms with Gasteiger partial charge in [-0.3, -0.25) is 4.79 Å². The van der Waals surface area contributed by atoms with E-state index in [4.69, 9.17) is 10.2 Å². The number of aliphatic hydroxyl groups excluding tert-OH is 1. The van der Waals surface area contributed by atoms with Crippen LogP contribution in [0.1, 0.15) is 12.5 Å². The highest BCUT2D eigenvalue weighted by Crippen LogP contribution is 2.25. The molecule has 0 radical (unpaired) electrons. The minimum Gasteiger partial charge on any atom is -0.481 e. The number of aliphatic hydroxyl groups is 1. The molecule has 76 valence electrons. The molecule has 0 aliphatic carbocycles. The van der Waals surface area contributed by atoms with Crippen LogP contribution in [0.5, 0.6) is 0 Å². The molecule has 0 aliphatic rings. The van der Waals surface area contributed by atoms with E-state index in [0.29, 0.717) is 5.56 Å². The molecule has 0 amide bonds. The van der Waals surface area contributed by atoms with Crippen LogP contribution in [-0.4, -0.2) is 22.8 Å². The molecule has 1 rings (SSSR count). The minimum atomic E-state index is -1.23. The lowest BCUT2D eigenvalue weighted by molar-refractivity contribution is -0.144. The van der Waals surface area contributed by atoms with Crippen molar-refractivity contribution in [3.8, 4) is 0 Å². The van der Waals surface area contributed by atoms with Gasteiger partial charge in [0.15, 0.2) is 0 Å². The Morgan fingerprint density at radius 1 is 1.57 bits per heavy atom. The Labute approximate surface area is 90.5 Å². The molecular weight excluding hydrogens is 248 g/mol. The van der Waals surface area contributed by atoms with Crippen LogP contribution < -0.4 is 0 Å². The summed E-state index contributed by atoms with van der Waals surface area (Å²) in [5.74, 6) is -1.03. The Morgan fingerprint density at radius 2 is 2.21 bits per heavy atom. The lowest BCUT2D eigenvalue weighted by Crippen LogP contribution is -2.36. The summed E-state index contributed by atoms with van der Waals surface area (Å²) >= 11 is 3.26. The molecule has 2 N–H and O–H groups in total. The van der Waals surface area contributed by atoms with Gasteiger partial charge in [-0.15, -0.1) is 0 Å². The van der Waals surface area contributed by atoms with Gasteiger partial charge in [-0.2, -0.15) is 0 Å². The highest BCUT2D eigenvalue weighted by Gasteiger charge is 2.34. The zero-order chi connectivity index (χ0) is 10.8. The number of rotatable bonds is 3. The third kappa shape index (κ3) is 1.96. The first kappa shape index (κ1) is 11.2. The Bertz CT molecular complexity index is 351. The van der Waals surface area contributed by atoms with Gasteiger partial charge in [0, 0.05) is 4.47 Å². The molecule has 0 aromatic heterocycles. The molecule has 0 aliphatic heterocycles. The fraction of sp³-hybridized carbons (Fsp3) is 0.300. The fourth-order valence-electron chi connectivity index (χ4n) is 1.11. The first-order valence-electron chi connectivity index (χ1n) is 4.11. The second-order valence-corrected chi connectivity index (χ2v) is 4.22. The summed E-state index contributed by atoms with van der Waals surface area (Å²) in [5, 5.41) is 18.1. The van der Waals surface area contributed by atoms with Gasteiger partial charge in [0.2, 0.25) is 0 Å². The average Bonchev–Trinajstić information content (AvgIpc) is 2.16. The smallest absolute Gasteiger partial charge is 0.316 e. The van der Waals surface area contributed by atoms with Gasteiger partial charge in [0.05, 0.1) is 6.61 Å². The average molecular weight is 259 g/mol. The number of hydrogen-bond acceptors (Lipinski definition) is 2. The lowest BCUT2D eigenvalue weighted by Gasteiger charge is -2.22. The van der Waals surface area contributed by atoms with Crippen LogP contribution in [0, 0.1) is 0 Å². The summed E-state index contributed by atoms with van der Waals surface area (Å²) in [6, 6.07) is 6.94. The molecule has 0 spiro atoms. The Hall–Kier alpha value is -0.870. The van der Waals surface area contributed by atoms with Gasteiger partial charge >= 0.3 is 5.97 Å². The van der Waals surface area contributed by atoms with Gasteiger partial charge in [0.25, 0.3) is 0 Å². The topological polar surface area (TPSA) is 57.5 Å². The quantitative estimate of drug-likeness (QED) is 0.869. The van der Waals surface area contributed by atoms with Crippen LogP contribution in [-0.2, 0) is 10.2 Å². The molecule has 0 bridgehead atoms. The third-order valence-electron chi connectivity index (χ3n) is 2.25. The highest BCUT2D eigenvalue weighted by molar-refractivity contribution is 9.10. The SMILES string of the molecule is CC(CO)(C(=O)O)c1cccc(Br)c1. The van der Waals surface area contributed by atoms with Gasteiger partial charge in [-0.25, -0.2) is 0 Å². The molecule has 1 unspecified atom stereocenters. The fourth-order valence-corrected chi connectivity index (χ4v) is 1.51. The number of hydrogen-bond donors (Lipinski definition) is 2. The van der Waals surface area contributed by atoms with Crippen molar-refractivity contribution in [3.63, 3.8) is 0 Å².